The molecule has 0 radical (unpaired) electrons. The Kier molecular flexibility index (Phi) is 4.14. The molecule has 1 N–H and O–H groups in total. The molecule has 8 heteroatoms. The summed E-state index contributed by atoms with van der Waals surface area (Å²) < 4.78 is 15.6. The van der Waals surface area contributed by atoms with Gasteiger partial charge in [0, 0.05) is 22.3 Å². The van der Waals surface area contributed by atoms with E-state index in [1.165, 1.54) is 35.1 Å². The third-order valence-electron chi connectivity index (χ3n) is 3.04. The van der Waals surface area contributed by atoms with Gasteiger partial charge in [-0.1, -0.05) is 27.5 Å². The highest BCUT2D eigenvalue weighted by Gasteiger charge is 2.17. The molecule has 0 fully saturated rings. The predicted octanol–water partition coefficient (Wildman–Crippen LogP) is 4.19. The smallest absolute Gasteiger partial charge is 0.356 e. The van der Waals surface area contributed by atoms with Crippen LogP contribution in [0, 0.1) is 5.82 Å². The van der Waals surface area contributed by atoms with Crippen LogP contribution in [0.25, 0.3) is 16.9 Å². The summed E-state index contributed by atoms with van der Waals surface area (Å²) in [6.45, 7) is 0. The number of carboxylic acids is 1. The molecule has 2 aromatic heterocycles. The second-order valence-corrected chi connectivity index (χ2v) is 5.93. The van der Waals surface area contributed by atoms with E-state index in [0.717, 1.165) is 0 Å². The number of halogens is 3. The van der Waals surface area contributed by atoms with Gasteiger partial charge in [-0.25, -0.2) is 18.9 Å². The summed E-state index contributed by atoms with van der Waals surface area (Å²) in [6, 6.07) is 8.82. The van der Waals surface area contributed by atoms with Gasteiger partial charge in [0.2, 0.25) is 0 Å². The van der Waals surface area contributed by atoms with Crippen molar-refractivity contribution >= 4 is 33.5 Å². The molecular weight excluding hydrogens is 389 g/mol. The van der Waals surface area contributed by atoms with Crippen molar-refractivity contribution in [1.29, 1.82) is 0 Å². The molecule has 0 aliphatic carbocycles. The van der Waals surface area contributed by atoms with Crippen LogP contribution >= 0.6 is 27.5 Å². The van der Waals surface area contributed by atoms with Crippen LogP contribution in [0.3, 0.4) is 0 Å². The molecule has 0 saturated heterocycles. The van der Waals surface area contributed by atoms with Gasteiger partial charge in [0.25, 0.3) is 0 Å². The minimum absolute atomic E-state index is 0.159. The summed E-state index contributed by atoms with van der Waals surface area (Å²) in [5.41, 5.74) is 1.26. The van der Waals surface area contributed by atoms with Crippen LogP contribution in [0.2, 0.25) is 5.15 Å². The fourth-order valence-electron chi connectivity index (χ4n) is 2.11. The van der Waals surface area contributed by atoms with Crippen molar-refractivity contribution in [1.82, 2.24) is 14.8 Å². The van der Waals surface area contributed by atoms with Crippen molar-refractivity contribution in [2.75, 3.05) is 0 Å². The Labute approximate surface area is 143 Å². The zero-order valence-electron chi connectivity index (χ0n) is 11.4. The highest BCUT2D eigenvalue weighted by molar-refractivity contribution is 9.10. The number of aromatic nitrogens is 3. The van der Waals surface area contributed by atoms with E-state index in [2.05, 4.69) is 26.0 Å². The average Bonchev–Trinajstić information content (AvgIpc) is 2.91. The Morgan fingerprint density at radius 3 is 2.70 bits per heavy atom. The van der Waals surface area contributed by atoms with Gasteiger partial charge >= 0.3 is 5.97 Å². The highest BCUT2D eigenvalue weighted by Crippen LogP contribution is 2.28. The lowest BCUT2D eigenvalue weighted by Crippen LogP contribution is -2.02. The molecule has 2 heterocycles. The third-order valence-corrected chi connectivity index (χ3v) is 3.71. The van der Waals surface area contributed by atoms with Crippen LogP contribution in [0.1, 0.15) is 10.5 Å². The van der Waals surface area contributed by atoms with E-state index in [-0.39, 0.29) is 10.8 Å². The van der Waals surface area contributed by atoms with E-state index in [0.29, 0.717) is 21.4 Å². The molecule has 0 aliphatic heterocycles. The fourth-order valence-corrected chi connectivity index (χ4v) is 2.75. The minimum atomic E-state index is -1.18. The molecule has 1 aromatic carbocycles. The van der Waals surface area contributed by atoms with Crippen molar-refractivity contribution in [3.8, 4) is 16.9 Å². The Morgan fingerprint density at radius 1 is 1.26 bits per heavy atom. The zero-order chi connectivity index (χ0) is 16.6. The molecule has 0 amide bonds. The van der Waals surface area contributed by atoms with E-state index >= 15 is 0 Å². The van der Waals surface area contributed by atoms with Gasteiger partial charge in [0.1, 0.15) is 11.0 Å². The SMILES string of the molecule is O=C(O)c1cc(-c2cc(F)cc(Br)c2)n(-c2ccnc(Cl)c2)n1. The molecule has 23 heavy (non-hydrogen) atoms. The largest absolute Gasteiger partial charge is 0.476 e. The summed E-state index contributed by atoms with van der Waals surface area (Å²) in [7, 11) is 0. The molecule has 0 aliphatic rings. The van der Waals surface area contributed by atoms with Crippen molar-refractivity contribution < 1.29 is 14.3 Å². The number of carbonyl (C=O) groups is 1. The number of pyridine rings is 1. The lowest BCUT2D eigenvalue weighted by molar-refractivity contribution is 0.0690. The Morgan fingerprint density at radius 2 is 2.04 bits per heavy atom. The van der Waals surface area contributed by atoms with Crippen molar-refractivity contribution in [3.05, 3.63) is 63.7 Å². The summed E-state index contributed by atoms with van der Waals surface area (Å²) in [6.07, 6.45) is 1.48. The average molecular weight is 397 g/mol. The molecule has 0 saturated carbocycles. The second kappa shape index (κ2) is 6.10. The standard InChI is InChI=1S/C15H8BrClFN3O2/c16-9-3-8(4-10(18)5-9)13-7-12(15(22)23)20-21(13)11-1-2-19-14(17)6-11/h1-7H,(H,22,23). The van der Waals surface area contributed by atoms with E-state index < -0.39 is 11.8 Å². The number of hydrogen-bond donors (Lipinski definition) is 1. The van der Waals surface area contributed by atoms with E-state index in [9.17, 15) is 14.3 Å². The van der Waals surface area contributed by atoms with Gasteiger partial charge < -0.3 is 5.11 Å². The van der Waals surface area contributed by atoms with Gasteiger partial charge in [0.15, 0.2) is 5.69 Å². The number of nitrogens with zero attached hydrogens (tertiary/aromatic N) is 3. The minimum Gasteiger partial charge on any atom is -0.476 e. The molecular formula is C15H8BrClFN3O2. The topological polar surface area (TPSA) is 68.0 Å². The number of benzene rings is 1. The molecule has 3 rings (SSSR count). The van der Waals surface area contributed by atoms with Crippen molar-refractivity contribution in [3.63, 3.8) is 0 Å². The van der Waals surface area contributed by atoms with Crippen molar-refractivity contribution in [2.45, 2.75) is 0 Å². The second-order valence-electron chi connectivity index (χ2n) is 4.63. The molecule has 0 unspecified atom stereocenters. The van der Waals surface area contributed by atoms with Gasteiger partial charge in [0.05, 0.1) is 11.4 Å². The maximum Gasteiger partial charge on any atom is 0.356 e. The molecule has 0 spiro atoms. The van der Waals surface area contributed by atoms with Crippen LogP contribution in [0.4, 0.5) is 4.39 Å². The summed E-state index contributed by atoms with van der Waals surface area (Å²) in [5, 5.41) is 13.5. The van der Waals surface area contributed by atoms with Crippen LogP contribution < -0.4 is 0 Å². The van der Waals surface area contributed by atoms with Crippen LogP contribution in [0.5, 0.6) is 0 Å². The molecule has 0 atom stereocenters. The Hall–Kier alpha value is -2.25. The Balaban J connectivity index is 2.25. The lowest BCUT2D eigenvalue weighted by atomic mass is 10.1. The Bertz CT molecular complexity index is 893. The first-order valence-electron chi connectivity index (χ1n) is 6.36. The summed E-state index contributed by atoms with van der Waals surface area (Å²) >= 11 is 9.10. The van der Waals surface area contributed by atoms with Gasteiger partial charge in [-0.3, -0.25) is 0 Å². The first-order chi connectivity index (χ1) is 10.9. The number of carboxylic acid groups (broad SMARTS) is 1. The zero-order valence-corrected chi connectivity index (χ0v) is 13.7. The van der Waals surface area contributed by atoms with Crippen LogP contribution in [-0.2, 0) is 0 Å². The van der Waals surface area contributed by atoms with Gasteiger partial charge in [-0.05, 0) is 30.3 Å². The summed E-state index contributed by atoms with van der Waals surface area (Å²) in [5.74, 6) is -1.63. The van der Waals surface area contributed by atoms with Crippen LogP contribution in [-0.4, -0.2) is 25.8 Å². The van der Waals surface area contributed by atoms with Gasteiger partial charge in [-0.2, -0.15) is 5.10 Å². The fraction of sp³-hybridized carbons (Fsp3) is 0. The molecule has 116 valence electrons. The van der Waals surface area contributed by atoms with Crippen molar-refractivity contribution in [2.24, 2.45) is 0 Å². The maximum atomic E-state index is 13.7. The first-order valence-corrected chi connectivity index (χ1v) is 7.53. The highest BCUT2D eigenvalue weighted by atomic mass is 79.9. The third kappa shape index (κ3) is 3.25. The monoisotopic (exact) mass is 395 g/mol. The maximum absolute atomic E-state index is 13.7. The van der Waals surface area contributed by atoms with Crippen LogP contribution in [0.15, 0.2) is 47.1 Å². The molecule has 0 bridgehead atoms. The van der Waals surface area contributed by atoms with E-state index in [1.54, 1.807) is 12.1 Å². The normalized spacial score (nSPS) is 10.7. The predicted molar refractivity (Wildman–Crippen MR) is 86.4 cm³/mol. The van der Waals surface area contributed by atoms with E-state index in [1.807, 2.05) is 0 Å². The first kappa shape index (κ1) is 15.6. The molecule has 5 nitrogen and oxygen atoms in total. The molecule has 3 aromatic rings. The quantitative estimate of drug-likeness (QED) is 0.674. The number of aromatic carboxylic acids is 1. The summed E-state index contributed by atoms with van der Waals surface area (Å²) in [4.78, 5) is 15.1. The van der Waals surface area contributed by atoms with Gasteiger partial charge in [-0.15, -0.1) is 0 Å². The number of hydrogen-bond acceptors (Lipinski definition) is 3. The lowest BCUT2D eigenvalue weighted by Gasteiger charge is -2.08. The number of rotatable bonds is 3. The van der Waals surface area contributed by atoms with E-state index in [4.69, 9.17) is 11.6 Å².